The van der Waals surface area contributed by atoms with Crippen molar-refractivity contribution >= 4 is 22.5 Å². The van der Waals surface area contributed by atoms with Crippen LogP contribution in [0.5, 0.6) is 0 Å². The standard InChI is InChI=1S/C19H16FN5/c1-2-13-3-7-15(8-4-13)24-18-17-11-23-25(19(17)22-12-21-18)16-9-5-14(20)6-10-16/h3-12H,2H2,1H3,(H,21,22,24). The van der Waals surface area contributed by atoms with Gasteiger partial charge in [0, 0.05) is 5.69 Å². The summed E-state index contributed by atoms with van der Waals surface area (Å²) in [5.41, 5.74) is 3.64. The summed E-state index contributed by atoms with van der Waals surface area (Å²) in [6, 6.07) is 14.4. The van der Waals surface area contributed by atoms with Gasteiger partial charge in [-0.05, 0) is 48.4 Å². The van der Waals surface area contributed by atoms with Crippen molar-refractivity contribution in [3.05, 3.63) is 72.4 Å². The molecular formula is C19H16FN5. The minimum absolute atomic E-state index is 0.285. The SMILES string of the molecule is CCc1ccc(Nc2ncnc3c2cnn3-c2ccc(F)cc2)cc1. The molecule has 0 saturated carbocycles. The van der Waals surface area contributed by atoms with Crippen LogP contribution in [0.25, 0.3) is 16.7 Å². The third-order valence-corrected chi connectivity index (χ3v) is 4.06. The van der Waals surface area contributed by atoms with Gasteiger partial charge in [-0.2, -0.15) is 5.10 Å². The Morgan fingerprint density at radius 3 is 2.48 bits per heavy atom. The number of hydrogen-bond acceptors (Lipinski definition) is 4. The van der Waals surface area contributed by atoms with E-state index in [4.69, 9.17) is 0 Å². The van der Waals surface area contributed by atoms with E-state index in [0.29, 0.717) is 11.5 Å². The predicted molar refractivity (Wildman–Crippen MR) is 95.7 cm³/mol. The Balaban J connectivity index is 1.72. The molecule has 2 heterocycles. The molecule has 6 heteroatoms. The highest BCUT2D eigenvalue weighted by Crippen LogP contribution is 2.24. The maximum Gasteiger partial charge on any atom is 0.168 e. The Morgan fingerprint density at radius 2 is 1.76 bits per heavy atom. The van der Waals surface area contributed by atoms with Crippen LogP contribution in [0.4, 0.5) is 15.9 Å². The van der Waals surface area contributed by atoms with Crippen molar-refractivity contribution in [2.75, 3.05) is 5.32 Å². The summed E-state index contributed by atoms with van der Waals surface area (Å²) in [4.78, 5) is 8.66. The Kier molecular flexibility index (Phi) is 3.85. The average Bonchev–Trinajstić information content (AvgIpc) is 3.08. The van der Waals surface area contributed by atoms with E-state index in [1.165, 1.54) is 24.0 Å². The largest absolute Gasteiger partial charge is 0.340 e. The lowest BCUT2D eigenvalue weighted by atomic mass is 10.1. The zero-order valence-corrected chi connectivity index (χ0v) is 13.6. The van der Waals surface area contributed by atoms with Gasteiger partial charge < -0.3 is 5.32 Å². The monoisotopic (exact) mass is 333 g/mol. The summed E-state index contributed by atoms with van der Waals surface area (Å²) in [5.74, 6) is 0.398. The summed E-state index contributed by atoms with van der Waals surface area (Å²) < 4.78 is 14.8. The van der Waals surface area contributed by atoms with Crippen LogP contribution < -0.4 is 5.32 Å². The summed E-state index contributed by atoms with van der Waals surface area (Å²) in [5, 5.41) is 8.48. The second-order valence-electron chi connectivity index (χ2n) is 5.67. The van der Waals surface area contributed by atoms with Crippen LogP contribution in [-0.4, -0.2) is 19.7 Å². The second kappa shape index (κ2) is 6.32. The quantitative estimate of drug-likeness (QED) is 0.606. The smallest absolute Gasteiger partial charge is 0.168 e. The van der Waals surface area contributed by atoms with Gasteiger partial charge in [0.05, 0.1) is 17.3 Å². The van der Waals surface area contributed by atoms with Crippen molar-refractivity contribution in [3.8, 4) is 5.69 Å². The molecule has 25 heavy (non-hydrogen) atoms. The van der Waals surface area contributed by atoms with Gasteiger partial charge in [0.25, 0.3) is 0 Å². The third-order valence-electron chi connectivity index (χ3n) is 4.06. The predicted octanol–water partition coefficient (Wildman–Crippen LogP) is 4.26. The van der Waals surface area contributed by atoms with Crippen molar-refractivity contribution < 1.29 is 4.39 Å². The second-order valence-corrected chi connectivity index (χ2v) is 5.67. The molecule has 0 aliphatic heterocycles. The highest BCUT2D eigenvalue weighted by atomic mass is 19.1. The van der Waals surface area contributed by atoms with Crippen LogP contribution in [-0.2, 0) is 6.42 Å². The number of fused-ring (bicyclic) bond motifs is 1. The highest BCUT2D eigenvalue weighted by Gasteiger charge is 2.11. The molecule has 2 aromatic carbocycles. The molecule has 0 unspecified atom stereocenters. The lowest BCUT2D eigenvalue weighted by molar-refractivity contribution is 0.627. The van der Waals surface area contributed by atoms with Crippen LogP contribution in [0.15, 0.2) is 61.1 Å². The van der Waals surface area contributed by atoms with E-state index in [2.05, 4.69) is 39.4 Å². The van der Waals surface area contributed by atoms with Gasteiger partial charge in [0.15, 0.2) is 5.65 Å². The fourth-order valence-electron chi connectivity index (χ4n) is 2.68. The van der Waals surface area contributed by atoms with E-state index in [9.17, 15) is 4.39 Å². The molecule has 0 spiro atoms. The first-order valence-corrected chi connectivity index (χ1v) is 8.05. The molecule has 124 valence electrons. The lowest BCUT2D eigenvalue weighted by Crippen LogP contribution is -1.99. The molecule has 2 aromatic heterocycles. The molecule has 1 N–H and O–H groups in total. The van der Waals surface area contributed by atoms with Gasteiger partial charge in [0.2, 0.25) is 0 Å². The molecular weight excluding hydrogens is 317 g/mol. The molecule has 5 nitrogen and oxygen atoms in total. The Labute approximate surface area is 144 Å². The van der Waals surface area contributed by atoms with E-state index in [1.54, 1.807) is 23.0 Å². The molecule has 0 aliphatic carbocycles. The van der Waals surface area contributed by atoms with E-state index >= 15 is 0 Å². The van der Waals surface area contributed by atoms with Crippen molar-refractivity contribution in [3.63, 3.8) is 0 Å². The molecule has 0 atom stereocenters. The van der Waals surface area contributed by atoms with Gasteiger partial charge in [-0.3, -0.25) is 0 Å². The number of aromatic nitrogens is 4. The van der Waals surface area contributed by atoms with E-state index in [-0.39, 0.29) is 5.82 Å². The third kappa shape index (κ3) is 2.94. The number of nitrogens with one attached hydrogen (secondary N) is 1. The first-order chi connectivity index (χ1) is 12.2. The van der Waals surface area contributed by atoms with Crippen molar-refractivity contribution in [2.24, 2.45) is 0 Å². The number of hydrogen-bond donors (Lipinski definition) is 1. The van der Waals surface area contributed by atoms with E-state index in [0.717, 1.165) is 23.2 Å². The normalized spacial score (nSPS) is 11.0. The zero-order chi connectivity index (χ0) is 17.2. The molecule has 0 radical (unpaired) electrons. The Morgan fingerprint density at radius 1 is 1.00 bits per heavy atom. The summed E-state index contributed by atoms with van der Waals surface area (Å²) in [6.07, 6.45) is 4.21. The number of halogens is 1. The molecule has 0 bridgehead atoms. The number of benzene rings is 2. The Bertz CT molecular complexity index is 1010. The summed E-state index contributed by atoms with van der Waals surface area (Å²) >= 11 is 0. The van der Waals surface area contributed by atoms with Crippen LogP contribution >= 0.6 is 0 Å². The van der Waals surface area contributed by atoms with Crippen LogP contribution in [0.1, 0.15) is 12.5 Å². The molecule has 0 fully saturated rings. The fourth-order valence-corrected chi connectivity index (χ4v) is 2.68. The van der Waals surface area contributed by atoms with Gasteiger partial charge in [-0.15, -0.1) is 0 Å². The first kappa shape index (κ1) is 15.3. The van der Waals surface area contributed by atoms with Crippen LogP contribution in [0.2, 0.25) is 0 Å². The van der Waals surface area contributed by atoms with Gasteiger partial charge in [-0.25, -0.2) is 19.0 Å². The number of nitrogens with zero attached hydrogens (tertiary/aromatic N) is 4. The maximum absolute atomic E-state index is 13.1. The molecule has 4 rings (SSSR count). The fraction of sp³-hybridized carbons (Fsp3) is 0.105. The minimum atomic E-state index is -0.285. The Hall–Kier alpha value is -3.28. The molecule has 0 amide bonds. The topological polar surface area (TPSA) is 55.6 Å². The van der Waals surface area contributed by atoms with Gasteiger partial charge >= 0.3 is 0 Å². The first-order valence-electron chi connectivity index (χ1n) is 8.05. The van der Waals surface area contributed by atoms with E-state index < -0.39 is 0 Å². The number of rotatable bonds is 4. The van der Waals surface area contributed by atoms with Crippen molar-refractivity contribution in [1.29, 1.82) is 0 Å². The molecule has 0 aliphatic rings. The zero-order valence-electron chi connectivity index (χ0n) is 13.6. The minimum Gasteiger partial charge on any atom is -0.340 e. The van der Waals surface area contributed by atoms with Gasteiger partial charge in [-0.1, -0.05) is 19.1 Å². The van der Waals surface area contributed by atoms with Crippen LogP contribution in [0.3, 0.4) is 0 Å². The highest BCUT2D eigenvalue weighted by molar-refractivity contribution is 5.89. The van der Waals surface area contributed by atoms with E-state index in [1.807, 2.05) is 12.1 Å². The number of anilines is 2. The maximum atomic E-state index is 13.1. The van der Waals surface area contributed by atoms with Gasteiger partial charge in [0.1, 0.15) is 18.0 Å². The average molecular weight is 333 g/mol. The lowest BCUT2D eigenvalue weighted by Gasteiger charge is -2.07. The summed E-state index contributed by atoms with van der Waals surface area (Å²) in [6.45, 7) is 2.13. The van der Waals surface area contributed by atoms with Crippen molar-refractivity contribution in [1.82, 2.24) is 19.7 Å². The molecule has 4 aromatic rings. The van der Waals surface area contributed by atoms with Crippen molar-refractivity contribution in [2.45, 2.75) is 13.3 Å². The molecule has 0 saturated heterocycles. The summed E-state index contributed by atoms with van der Waals surface area (Å²) in [7, 11) is 0. The number of aryl methyl sites for hydroxylation is 1. The van der Waals surface area contributed by atoms with Crippen LogP contribution in [0, 0.1) is 5.82 Å².